The van der Waals surface area contributed by atoms with Crippen LogP contribution in [-0.4, -0.2) is 35.0 Å². The zero-order valence-electron chi connectivity index (χ0n) is 11.5. The van der Waals surface area contributed by atoms with Crippen LogP contribution in [0.1, 0.15) is 25.7 Å². The molecular weight excluding hydrogens is 313 g/mol. The minimum absolute atomic E-state index is 0.0823. The molecule has 114 valence electrons. The number of nitro benzene ring substituents is 1. The molecule has 0 radical (unpaired) electrons. The topological polar surface area (TPSA) is 58.4 Å². The van der Waals surface area contributed by atoms with Gasteiger partial charge in [0.15, 0.2) is 0 Å². The average Bonchev–Trinajstić information content (AvgIpc) is 2.90. The maximum absolute atomic E-state index is 10.8. The summed E-state index contributed by atoms with van der Waals surface area (Å²) in [6.45, 7) is 2.29. The molecule has 2 aliphatic rings. The number of nitrogens with one attached hydrogen (secondary N) is 1. The summed E-state index contributed by atoms with van der Waals surface area (Å²) >= 11 is 12.3. The van der Waals surface area contributed by atoms with Crippen molar-refractivity contribution in [2.24, 2.45) is 0 Å². The summed E-state index contributed by atoms with van der Waals surface area (Å²) in [7, 11) is 0. The molecule has 7 heteroatoms. The van der Waals surface area contributed by atoms with Gasteiger partial charge in [-0.3, -0.25) is 10.1 Å². The molecule has 2 aliphatic heterocycles. The molecule has 1 N–H and O–H groups in total. The summed E-state index contributed by atoms with van der Waals surface area (Å²) in [6, 6.07) is 3.66. The molecule has 2 fully saturated rings. The Hall–Kier alpha value is -1.04. The first kappa shape index (κ1) is 14.9. The molecule has 21 heavy (non-hydrogen) atoms. The van der Waals surface area contributed by atoms with Gasteiger partial charge in [0.2, 0.25) is 0 Å². The molecule has 0 aromatic heterocycles. The van der Waals surface area contributed by atoms with Crippen LogP contribution >= 0.6 is 23.2 Å². The third-order valence-electron chi connectivity index (χ3n) is 4.41. The predicted molar refractivity (Wildman–Crippen MR) is 84.4 cm³/mol. The van der Waals surface area contributed by atoms with E-state index in [1.165, 1.54) is 31.5 Å². The van der Waals surface area contributed by atoms with E-state index in [0.717, 1.165) is 19.4 Å². The van der Waals surface area contributed by atoms with E-state index in [1.807, 2.05) is 0 Å². The monoisotopic (exact) mass is 329 g/mol. The second-order valence-corrected chi connectivity index (χ2v) is 6.55. The van der Waals surface area contributed by atoms with Gasteiger partial charge < -0.3 is 10.2 Å². The molecular formula is C14H17Cl2N3O2. The number of fused-ring (bicyclic) bond motifs is 1. The Bertz CT molecular complexity index is 544. The van der Waals surface area contributed by atoms with Crippen LogP contribution in [0.2, 0.25) is 10.0 Å². The van der Waals surface area contributed by atoms with Crippen LogP contribution < -0.4 is 5.32 Å². The second kappa shape index (κ2) is 5.99. The van der Waals surface area contributed by atoms with E-state index in [1.54, 1.807) is 0 Å². The number of rotatable bonds is 3. The fraction of sp³-hybridized carbons (Fsp3) is 0.571. The first-order chi connectivity index (χ1) is 10.0. The molecule has 2 unspecified atom stereocenters. The van der Waals surface area contributed by atoms with E-state index in [0.29, 0.717) is 27.8 Å². The first-order valence-electron chi connectivity index (χ1n) is 7.18. The third kappa shape index (κ3) is 3.10. The summed E-state index contributed by atoms with van der Waals surface area (Å²) in [5, 5.41) is 14.8. The van der Waals surface area contributed by atoms with Gasteiger partial charge in [-0.05, 0) is 32.2 Å². The summed E-state index contributed by atoms with van der Waals surface area (Å²) in [5.41, 5.74) is 0.529. The van der Waals surface area contributed by atoms with Crippen molar-refractivity contribution >= 4 is 34.6 Å². The molecule has 0 saturated carbocycles. The number of anilines is 1. The zero-order chi connectivity index (χ0) is 15.0. The fourth-order valence-corrected chi connectivity index (χ4v) is 3.95. The highest BCUT2D eigenvalue weighted by atomic mass is 35.5. The molecule has 0 spiro atoms. The molecule has 5 nitrogen and oxygen atoms in total. The standard InChI is InChI=1S/C14H17Cl2N3O2/c15-12-7-11(19(20)21)8-13(16)14(12)17-9-3-5-18-4-1-2-10(18)6-9/h7-10,17H,1-6H2. The van der Waals surface area contributed by atoms with Crippen LogP contribution in [0.4, 0.5) is 11.4 Å². The molecule has 0 amide bonds. The van der Waals surface area contributed by atoms with Crippen LogP contribution in [0, 0.1) is 10.1 Å². The van der Waals surface area contributed by atoms with Crippen molar-refractivity contribution in [1.29, 1.82) is 0 Å². The van der Waals surface area contributed by atoms with Crippen molar-refractivity contribution in [3.63, 3.8) is 0 Å². The van der Waals surface area contributed by atoms with Gasteiger partial charge in [0, 0.05) is 30.8 Å². The number of hydrogen-bond donors (Lipinski definition) is 1. The number of nitro groups is 1. The first-order valence-corrected chi connectivity index (χ1v) is 7.94. The van der Waals surface area contributed by atoms with Gasteiger partial charge in [-0.25, -0.2) is 0 Å². The summed E-state index contributed by atoms with van der Waals surface area (Å²) in [5.74, 6) is 0. The van der Waals surface area contributed by atoms with E-state index < -0.39 is 4.92 Å². The minimum atomic E-state index is -0.488. The Morgan fingerprint density at radius 3 is 2.62 bits per heavy atom. The van der Waals surface area contributed by atoms with E-state index in [4.69, 9.17) is 23.2 Å². The molecule has 2 saturated heterocycles. The van der Waals surface area contributed by atoms with E-state index in [2.05, 4.69) is 10.2 Å². The van der Waals surface area contributed by atoms with Crippen molar-refractivity contribution in [3.8, 4) is 0 Å². The lowest BCUT2D eigenvalue weighted by molar-refractivity contribution is -0.384. The van der Waals surface area contributed by atoms with Crippen molar-refractivity contribution in [1.82, 2.24) is 4.90 Å². The molecule has 0 bridgehead atoms. The number of halogens is 2. The third-order valence-corrected chi connectivity index (χ3v) is 5.00. The van der Waals surface area contributed by atoms with E-state index in [-0.39, 0.29) is 5.69 Å². The van der Waals surface area contributed by atoms with Gasteiger partial charge in [0.05, 0.1) is 20.7 Å². The summed E-state index contributed by atoms with van der Waals surface area (Å²) in [4.78, 5) is 12.8. The normalized spacial score (nSPS) is 25.6. The summed E-state index contributed by atoms with van der Waals surface area (Å²) in [6.07, 6.45) is 4.64. The molecule has 2 atom stereocenters. The zero-order valence-corrected chi connectivity index (χ0v) is 13.0. The van der Waals surface area contributed by atoms with Gasteiger partial charge in [-0.15, -0.1) is 0 Å². The number of piperidine rings is 1. The Morgan fingerprint density at radius 1 is 1.24 bits per heavy atom. The Labute approximate surface area is 133 Å². The van der Waals surface area contributed by atoms with Crippen molar-refractivity contribution in [3.05, 3.63) is 32.3 Å². The van der Waals surface area contributed by atoms with Gasteiger partial charge in [0.1, 0.15) is 0 Å². The number of hydrogen-bond acceptors (Lipinski definition) is 4. The van der Waals surface area contributed by atoms with Crippen LogP contribution in [0.15, 0.2) is 12.1 Å². The van der Waals surface area contributed by atoms with E-state index in [9.17, 15) is 10.1 Å². The molecule has 2 heterocycles. The van der Waals surface area contributed by atoms with Crippen LogP contribution in [0.25, 0.3) is 0 Å². The highest BCUT2D eigenvalue weighted by molar-refractivity contribution is 6.39. The SMILES string of the molecule is O=[N+]([O-])c1cc(Cl)c(NC2CCN3CCCC3C2)c(Cl)c1. The Kier molecular flexibility index (Phi) is 4.24. The molecule has 1 aromatic rings. The van der Waals surface area contributed by atoms with Gasteiger partial charge in [0.25, 0.3) is 5.69 Å². The lowest BCUT2D eigenvalue weighted by Gasteiger charge is -2.35. The lowest BCUT2D eigenvalue weighted by atomic mass is 9.97. The number of benzene rings is 1. The fourth-order valence-electron chi connectivity index (χ4n) is 3.36. The molecule has 3 rings (SSSR count). The maximum Gasteiger partial charge on any atom is 0.272 e. The minimum Gasteiger partial charge on any atom is -0.380 e. The molecule has 0 aliphatic carbocycles. The average molecular weight is 330 g/mol. The number of nitrogens with zero attached hydrogens (tertiary/aromatic N) is 2. The highest BCUT2D eigenvalue weighted by Gasteiger charge is 2.32. The van der Waals surface area contributed by atoms with E-state index >= 15 is 0 Å². The van der Waals surface area contributed by atoms with Crippen molar-refractivity contribution in [2.45, 2.75) is 37.8 Å². The smallest absolute Gasteiger partial charge is 0.272 e. The van der Waals surface area contributed by atoms with Gasteiger partial charge >= 0.3 is 0 Å². The van der Waals surface area contributed by atoms with Crippen LogP contribution in [-0.2, 0) is 0 Å². The lowest BCUT2D eigenvalue weighted by Crippen LogP contribution is -2.42. The molecule has 1 aromatic carbocycles. The Balaban J connectivity index is 1.74. The highest BCUT2D eigenvalue weighted by Crippen LogP contribution is 2.37. The van der Waals surface area contributed by atoms with Crippen molar-refractivity contribution < 1.29 is 4.92 Å². The quantitative estimate of drug-likeness (QED) is 0.674. The predicted octanol–water partition coefficient (Wildman–Crippen LogP) is 3.94. The van der Waals surface area contributed by atoms with Crippen molar-refractivity contribution in [2.75, 3.05) is 18.4 Å². The second-order valence-electron chi connectivity index (χ2n) is 5.74. The number of non-ortho nitro benzene ring substituents is 1. The maximum atomic E-state index is 10.8. The van der Waals surface area contributed by atoms with Gasteiger partial charge in [-0.2, -0.15) is 0 Å². The largest absolute Gasteiger partial charge is 0.380 e. The van der Waals surface area contributed by atoms with Crippen LogP contribution in [0.5, 0.6) is 0 Å². The Morgan fingerprint density at radius 2 is 1.95 bits per heavy atom. The van der Waals surface area contributed by atoms with Gasteiger partial charge in [-0.1, -0.05) is 23.2 Å². The summed E-state index contributed by atoms with van der Waals surface area (Å²) < 4.78 is 0. The van der Waals surface area contributed by atoms with Crippen LogP contribution in [0.3, 0.4) is 0 Å².